The van der Waals surface area contributed by atoms with Gasteiger partial charge in [0.2, 0.25) is 11.0 Å². The summed E-state index contributed by atoms with van der Waals surface area (Å²) < 4.78 is 21.4. The van der Waals surface area contributed by atoms with Crippen molar-refractivity contribution in [3.05, 3.63) is 52.9 Å². The molecule has 4 aliphatic carbocycles. The van der Waals surface area contributed by atoms with Crippen LogP contribution in [0.25, 0.3) is 11.8 Å². The lowest BCUT2D eigenvalue weighted by Gasteiger charge is -2.61. The van der Waals surface area contributed by atoms with E-state index in [0.29, 0.717) is 36.6 Å². The number of carbonyl (C=O) groups excluding carboxylic acids is 4. The second-order valence-corrected chi connectivity index (χ2v) is 15.9. The zero-order valence-corrected chi connectivity index (χ0v) is 29.1. The summed E-state index contributed by atoms with van der Waals surface area (Å²) in [5.74, 6) is -1.56. The number of ketones is 1. The van der Waals surface area contributed by atoms with Gasteiger partial charge in [-0.05, 0) is 96.7 Å². The monoisotopic (exact) mass is 679 g/mol. The molecule has 4 aliphatic rings. The molecule has 9 nitrogen and oxygen atoms in total. The fourth-order valence-corrected chi connectivity index (χ4v) is 10.8. The first-order valence-electron chi connectivity index (χ1n) is 17.1. The number of benzene rings is 1. The van der Waals surface area contributed by atoms with Crippen LogP contribution in [0, 0.1) is 40.4 Å². The minimum absolute atomic E-state index is 0.0159. The number of primary amides is 1. The van der Waals surface area contributed by atoms with Crippen LogP contribution >= 0.6 is 11.8 Å². The summed E-state index contributed by atoms with van der Waals surface area (Å²) >= 11 is 0.561. The van der Waals surface area contributed by atoms with Crippen LogP contribution in [0.1, 0.15) is 94.8 Å². The largest absolute Gasteiger partial charge is 0.449 e. The Bertz CT molecular complexity index is 1690. The van der Waals surface area contributed by atoms with E-state index in [1.807, 2.05) is 29.9 Å². The highest BCUT2D eigenvalue weighted by molar-refractivity contribution is 8.13. The molecule has 3 fully saturated rings. The third-order valence-electron chi connectivity index (χ3n) is 12.3. The Morgan fingerprint density at radius 3 is 2.69 bits per heavy atom. The topological polar surface area (TPSA) is 142 Å². The molecule has 0 aliphatic heterocycles. The molecule has 0 unspecified atom stereocenters. The zero-order chi connectivity index (χ0) is 34.8. The van der Waals surface area contributed by atoms with Crippen LogP contribution in [0.2, 0.25) is 0 Å². The van der Waals surface area contributed by atoms with E-state index in [1.54, 1.807) is 26.0 Å². The average molecular weight is 680 g/mol. The predicted octanol–water partition coefficient (Wildman–Crippen LogP) is 5.84. The van der Waals surface area contributed by atoms with E-state index in [9.17, 15) is 28.7 Å². The molecule has 1 amide bonds. The number of aromatic nitrogens is 2. The molecule has 1 aromatic carbocycles. The minimum Gasteiger partial charge on any atom is -0.449 e. The van der Waals surface area contributed by atoms with Crippen LogP contribution < -0.4 is 5.73 Å². The number of nitrogens with two attached hydrogens (primary N) is 1. The summed E-state index contributed by atoms with van der Waals surface area (Å²) in [4.78, 5) is 50.8. The van der Waals surface area contributed by atoms with Crippen molar-refractivity contribution in [2.75, 3.05) is 6.01 Å². The number of ether oxygens (including phenoxy) is 1. The normalized spacial score (nSPS) is 34.1. The molecular weight excluding hydrogens is 633 g/mol. The van der Waals surface area contributed by atoms with Crippen molar-refractivity contribution in [2.45, 2.75) is 91.3 Å². The third kappa shape index (κ3) is 5.27. The molecule has 1 aromatic heterocycles. The van der Waals surface area contributed by atoms with E-state index >= 15 is 0 Å². The second-order valence-electron chi connectivity index (χ2n) is 15.0. The van der Waals surface area contributed by atoms with Crippen molar-refractivity contribution in [3.8, 4) is 5.69 Å². The zero-order valence-electron chi connectivity index (χ0n) is 28.3. The molecule has 0 radical (unpaired) electrons. The molecular formula is C37H46FN3O6S. The Balaban J connectivity index is 1.33. The van der Waals surface area contributed by atoms with E-state index in [0.717, 1.165) is 23.4 Å². The van der Waals surface area contributed by atoms with E-state index in [2.05, 4.69) is 19.9 Å². The number of esters is 1. The van der Waals surface area contributed by atoms with Crippen molar-refractivity contribution >= 4 is 40.6 Å². The number of aliphatic hydroxyl groups is 1. The number of hydrogen-bond acceptors (Lipinski definition) is 8. The van der Waals surface area contributed by atoms with Crippen LogP contribution in [-0.4, -0.2) is 55.4 Å². The number of carbonyl (C=O) groups is 4. The summed E-state index contributed by atoms with van der Waals surface area (Å²) in [6, 6.07) is 6.35. The smallest absolute Gasteiger partial charge is 0.306 e. The lowest BCUT2D eigenvalue weighted by Crippen LogP contribution is -2.63. The number of fused-ring (bicyclic) bond motifs is 6. The Kier molecular flexibility index (Phi) is 9.02. The molecule has 11 heteroatoms. The van der Waals surface area contributed by atoms with Crippen LogP contribution in [0.4, 0.5) is 4.39 Å². The van der Waals surface area contributed by atoms with Gasteiger partial charge in [0.1, 0.15) is 6.01 Å². The van der Waals surface area contributed by atoms with Crippen molar-refractivity contribution < 1.29 is 33.4 Å². The standard InChI is InChI=1S/C37H46FN3O6S/c1-6-31(44)47-37(34(46)48-19-38)11-10-26-25-12-20(2)27-15-28-23(16-35(27,4)32(25)30(43)17-36(26,37)5)18-40-41(28)24-9-7-8-22(14-24)29(42)13-21(3)33(39)45/h7-9,14-15,18,20-21,25-26,30,32,43H,6,10-13,16-17,19H2,1-5H3,(H2,39,45)/t20-,21-,25-,26-,30-,32+,35-,36-,37-/m0/s1. The molecule has 1 heterocycles. The van der Waals surface area contributed by atoms with Gasteiger partial charge in [0.25, 0.3) is 0 Å². The van der Waals surface area contributed by atoms with Crippen LogP contribution in [0.15, 0.2) is 36.0 Å². The highest BCUT2D eigenvalue weighted by atomic mass is 32.2. The summed E-state index contributed by atoms with van der Waals surface area (Å²) in [7, 11) is 0. The molecule has 6 rings (SSSR count). The number of amides is 1. The Morgan fingerprint density at radius 2 is 2.00 bits per heavy atom. The Hall–Kier alpha value is -3.31. The number of alkyl halides is 1. The van der Waals surface area contributed by atoms with Crippen molar-refractivity contribution in [2.24, 2.45) is 46.2 Å². The van der Waals surface area contributed by atoms with E-state index in [-0.39, 0.29) is 54.1 Å². The SMILES string of the molecule is CCC(=O)O[C@]1(C(=O)SCF)CC[C@H]2[C@@H]3C[C@H](C)C4=Cc5c(cnn5-c5cccc(C(=O)C[C@H](C)C(N)=O)c5)C[C@]4(C)[C@H]3[C@@H](O)C[C@@]21C. The van der Waals surface area contributed by atoms with Gasteiger partial charge in [-0.25, -0.2) is 9.07 Å². The minimum atomic E-state index is -1.47. The van der Waals surface area contributed by atoms with E-state index < -0.39 is 46.0 Å². The molecule has 3 saturated carbocycles. The van der Waals surface area contributed by atoms with E-state index in [4.69, 9.17) is 15.6 Å². The predicted molar refractivity (Wildman–Crippen MR) is 181 cm³/mol. The van der Waals surface area contributed by atoms with Gasteiger partial charge in [-0.2, -0.15) is 5.10 Å². The fourth-order valence-electron chi connectivity index (χ4n) is 10.1. The van der Waals surface area contributed by atoms with Crippen molar-refractivity contribution in [3.63, 3.8) is 0 Å². The van der Waals surface area contributed by atoms with Crippen molar-refractivity contribution in [1.82, 2.24) is 9.78 Å². The number of aliphatic hydroxyl groups excluding tert-OH is 1. The van der Waals surface area contributed by atoms with Crippen LogP contribution in [0.3, 0.4) is 0 Å². The number of thioether (sulfide) groups is 1. The van der Waals surface area contributed by atoms with Crippen LogP contribution in [0.5, 0.6) is 0 Å². The average Bonchev–Trinajstić information content (AvgIpc) is 3.57. The Labute approximate surface area is 285 Å². The fraction of sp³-hybridized carbons (Fsp3) is 0.595. The van der Waals surface area contributed by atoms with Gasteiger partial charge in [0.05, 0.1) is 23.7 Å². The maximum absolute atomic E-state index is 13.6. The second kappa shape index (κ2) is 12.5. The first-order chi connectivity index (χ1) is 22.7. The molecule has 0 bridgehead atoms. The summed E-state index contributed by atoms with van der Waals surface area (Å²) in [5.41, 5.74) is 7.17. The number of halogens is 1. The molecule has 2 aromatic rings. The first-order valence-corrected chi connectivity index (χ1v) is 18.0. The lowest BCUT2D eigenvalue weighted by atomic mass is 9.44. The van der Waals surface area contributed by atoms with Gasteiger partial charge in [0.15, 0.2) is 11.4 Å². The highest BCUT2D eigenvalue weighted by Gasteiger charge is 2.71. The summed E-state index contributed by atoms with van der Waals surface area (Å²) in [6.07, 6.45) is 6.20. The van der Waals surface area contributed by atoms with Crippen molar-refractivity contribution in [1.29, 1.82) is 0 Å². The van der Waals surface area contributed by atoms with Gasteiger partial charge >= 0.3 is 5.97 Å². The number of allylic oxidation sites excluding steroid dienone is 1. The number of Topliss-reactive ketones (excluding diaryl/α,β-unsaturated/α-hetero) is 1. The van der Waals surface area contributed by atoms with Gasteiger partial charge in [-0.15, -0.1) is 0 Å². The molecule has 0 saturated heterocycles. The Morgan fingerprint density at radius 1 is 1.25 bits per heavy atom. The maximum Gasteiger partial charge on any atom is 0.306 e. The quantitative estimate of drug-likeness (QED) is 0.249. The first kappa shape index (κ1) is 34.5. The summed E-state index contributed by atoms with van der Waals surface area (Å²) in [5, 5.41) is 16.4. The van der Waals surface area contributed by atoms with Gasteiger partial charge in [0, 0.05) is 29.7 Å². The van der Waals surface area contributed by atoms with Gasteiger partial charge in [-0.1, -0.05) is 52.3 Å². The van der Waals surface area contributed by atoms with Gasteiger partial charge in [-0.3, -0.25) is 19.2 Å². The lowest BCUT2D eigenvalue weighted by molar-refractivity contribution is -0.197. The molecule has 258 valence electrons. The van der Waals surface area contributed by atoms with Gasteiger partial charge < -0.3 is 15.6 Å². The molecule has 9 atom stereocenters. The number of nitrogens with zero attached hydrogens (tertiary/aromatic N) is 2. The van der Waals surface area contributed by atoms with E-state index in [1.165, 1.54) is 5.57 Å². The third-order valence-corrected chi connectivity index (χ3v) is 13.0. The number of rotatable bonds is 9. The molecule has 0 spiro atoms. The summed E-state index contributed by atoms with van der Waals surface area (Å²) in [6.45, 7) is 9.75. The molecule has 3 N–H and O–H groups in total. The highest BCUT2D eigenvalue weighted by Crippen LogP contribution is 2.69. The number of hydrogen-bond donors (Lipinski definition) is 2. The molecule has 48 heavy (non-hydrogen) atoms. The maximum atomic E-state index is 13.6. The van der Waals surface area contributed by atoms with Crippen LogP contribution in [-0.2, 0) is 25.5 Å².